The molecule has 140 valence electrons. The molecule has 0 bridgehead atoms. The van der Waals surface area contributed by atoms with Crippen molar-refractivity contribution in [2.24, 2.45) is 0 Å². The number of quaternary nitrogens is 1. The second-order valence-corrected chi connectivity index (χ2v) is 5.63. The van der Waals surface area contributed by atoms with Crippen LogP contribution in [0.5, 0.6) is 0 Å². The summed E-state index contributed by atoms with van der Waals surface area (Å²) in [5.74, 6) is -0.999. The van der Waals surface area contributed by atoms with Gasteiger partial charge < -0.3 is 21.9 Å². The molecule has 0 aromatic heterocycles. The zero-order valence-corrected chi connectivity index (χ0v) is 17.4. The van der Waals surface area contributed by atoms with Gasteiger partial charge in [0.2, 0.25) is 11.6 Å². The third kappa shape index (κ3) is 7.06. The fraction of sp³-hybridized carbons (Fsp3) is 0.273. The molecule has 0 heterocycles. The average molecular weight is 418 g/mol. The van der Waals surface area contributed by atoms with Gasteiger partial charge in [-0.05, 0) is 26.3 Å². The van der Waals surface area contributed by atoms with Gasteiger partial charge in [-0.25, -0.2) is 0 Å². The smallest absolute Gasteiger partial charge is 0.234 e. The Balaban J connectivity index is 0.000000673. The van der Waals surface area contributed by atoms with Crippen LogP contribution in [0.2, 0.25) is 0 Å². The Morgan fingerprint density at radius 1 is 0.846 bits per heavy atom. The molecule has 0 saturated carbocycles. The number of carbonyl (C=O) groups is 2. The monoisotopic (exact) mass is 417 g/mol. The second kappa shape index (κ2) is 13.2. The summed E-state index contributed by atoms with van der Waals surface area (Å²) in [4.78, 5) is 25.8. The first-order valence-corrected chi connectivity index (χ1v) is 8.78. The lowest BCUT2D eigenvalue weighted by molar-refractivity contribution is -0.894. The number of rotatable bonds is 7. The highest BCUT2D eigenvalue weighted by molar-refractivity contribution is 6.49. The van der Waals surface area contributed by atoms with Crippen LogP contribution in [0.1, 0.15) is 47.1 Å². The minimum atomic E-state index is -0.503. The summed E-state index contributed by atoms with van der Waals surface area (Å²) in [5.41, 5.74) is 1.47. The first-order chi connectivity index (χ1) is 12.1. The van der Waals surface area contributed by atoms with Gasteiger partial charge in [-0.15, -0.1) is 0 Å². The van der Waals surface area contributed by atoms with Crippen molar-refractivity contribution in [1.29, 1.82) is 0 Å². The van der Waals surface area contributed by atoms with Crippen molar-refractivity contribution in [2.45, 2.75) is 20.8 Å². The number of ketones is 2. The van der Waals surface area contributed by atoms with Crippen molar-refractivity contribution < 1.29 is 31.5 Å². The molecule has 3 nitrogen and oxygen atoms in total. The van der Waals surface area contributed by atoms with E-state index < -0.39 is 11.6 Å². The van der Waals surface area contributed by atoms with Crippen LogP contribution in [0.3, 0.4) is 0 Å². The standard InChI is InChI=1S/C16H12O2.C6H15N.BrH/c1-2-12-8-6-7-11-14(12)16(18)15(17)13-9-4-3-5-10-13;1-4-7(5-2)6-3;/h2-11H,1H2;4-6H2,1-3H3;1H. The molecule has 0 radical (unpaired) electrons. The third-order valence-corrected chi connectivity index (χ3v) is 4.17. The van der Waals surface area contributed by atoms with Crippen LogP contribution in [0.4, 0.5) is 0 Å². The molecule has 0 aliphatic carbocycles. The van der Waals surface area contributed by atoms with Crippen LogP contribution in [0.15, 0.2) is 61.2 Å². The maximum atomic E-state index is 12.1. The van der Waals surface area contributed by atoms with E-state index in [0.717, 1.165) is 0 Å². The van der Waals surface area contributed by atoms with E-state index in [1.807, 2.05) is 0 Å². The summed E-state index contributed by atoms with van der Waals surface area (Å²) in [6.07, 6.45) is 1.57. The predicted octanol–water partition coefficient (Wildman–Crippen LogP) is 0.330. The topological polar surface area (TPSA) is 38.6 Å². The van der Waals surface area contributed by atoms with Gasteiger partial charge in [0.1, 0.15) is 0 Å². The maximum absolute atomic E-state index is 12.1. The Morgan fingerprint density at radius 3 is 1.81 bits per heavy atom. The van der Waals surface area contributed by atoms with Crippen LogP contribution in [0, 0.1) is 0 Å². The van der Waals surface area contributed by atoms with Gasteiger partial charge in [-0.2, -0.15) is 0 Å². The minimum Gasteiger partial charge on any atom is -1.00 e. The van der Waals surface area contributed by atoms with Crippen LogP contribution < -0.4 is 21.9 Å². The van der Waals surface area contributed by atoms with Gasteiger partial charge in [0.05, 0.1) is 19.6 Å². The van der Waals surface area contributed by atoms with Crippen molar-refractivity contribution in [1.82, 2.24) is 0 Å². The van der Waals surface area contributed by atoms with Crippen LogP contribution in [-0.4, -0.2) is 31.2 Å². The van der Waals surface area contributed by atoms with E-state index >= 15 is 0 Å². The van der Waals surface area contributed by atoms with E-state index in [2.05, 4.69) is 27.4 Å². The van der Waals surface area contributed by atoms with Crippen molar-refractivity contribution in [3.8, 4) is 0 Å². The molecule has 0 spiro atoms. The Bertz CT molecular complexity index is 689. The zero-order valence-electron chi connectivity index (χ0n) is 15.8. The Hall–Kier alpha value is -2.04. The maximum Gasteiger partial charge on any atom is 0.234 e. The number of Topliss-reactive ketones (excluding diaryl/α,β-unsaturated/α-hetero) is 2. The van der Waals surface area contributed by atoms with Gasteiger partial charge in [0, 0.05) is 11.1 Å². The lowest BCUT2D eigenvalue weighted by Gasteiger charge is -2.10. The van der Waals surface area contributed by atoms with Gasteiger partial charge in [-0.1, -0.05) is 67.3 Å². The Kier molecular flexibility index (Phi) is 12.2. The van der Waals surface area contributed by atoms with Crippen molar-refractivity contribution >= 4 is 17.6 Å². The number of hydrogen-bond acceptors (Lipinski definition) is 2. The van der Waals surface area contributed by atoms with Crippen LogP contribution >= 0.6 is 0 Å². The molecule has 2 aromatic carbocycles. The third-order valence-electron chi connectivity index (χ3n) is 4.17. The molecule has 0 unspecified atom stereocenters. The second-order valence-electron chi connectivity index (χ2n) is 5.63. The summed E-state index contributed by atoms with van der Waals surface area (Å²) in [6, 6.07) is 15.5. The molecule has 0 fully saturated rings. The fourth-order valence-corrected chi connectivity index (χ4v) is 2.47. The van der Waals surface area contributed by atoms with Gasteiger partial charge in [0.25, 0.3) is 0 Å². The molecule has 0 saturated heterocycles. The van der Waals surface area contributed by atoms with Gasteiger partial charge in [-0.3, -0.25) is 9.59 Å². The number of hydrogen-bond donors (Lipinski definition) is 1. The number of benzene rings is 2. The largest absolute Gasteiger partial charge is 1.00 e. The van der Waals surface area contributed by atoms with Crippen molar-refractivity contribution in [2.75, 3.05) is 19.6 Å². The molecule has 0 aliphatic heterocycles. The first-order valence-electron chi connectivity index (χ1n) is 8.78. The zero-order chi connectivity index (χ0) is 18.7. The van der Waals surface area contributed by atoms with E-state index in [9.17, 15) is 9.59 Å². The molecule has 1 N–H and O–H groups in total. The molecule has 0 atom stereocenters. The molecular formula is C22H28BrNO2. The van der Waals surface area contributed by atoms with E-state index in [0.29, 0.717) is 16.7 Å². The minimum absolute atomic E-state index is 0. The van der Waals surface area contributed by atoms with Gasteiger partial charge in [0.15, 0.2) is 0 Å². The lowest BCUT2D eigenvalue weighted by atomic mass is 9.97. The molecule has 26 heavy (non-hydrogen) atoms. The SMILES string of the molecule is C=Cc1ccccc1C(=O)C(=O)c1ccccc1.CC[NH+](CC)CC.[Br-]. The highest BCUT2D eigenvalue weighted by atomic mass is 79.9. The van der Waals surface area contributed by atoms with Crippen molar-refractivity contribution in [3.05, 3.63) is 77.9 Å². The van der Waals surface area contributed by atoms with E-state index in [4.69, 9.17) is 0 Å². The summed E-state index contributed by atoms with van der Waals surface area (Å²) < 4.78 is 0. The van der Waals surface area contributed by atoms with E-state index in [1.54, 1.807) is 65.6 Å². The summed E-state index contributed by atoms with van der Waals surface area (Å²) >= 11 is 0. The molecule has 4 heteroatoms. The molecular weight excluding hydrogens is 390 g/mol. The summed E-state index contributed by atoms with van der Waals surface area (Å²) in [5, 5.41) is 0. The average Bonchev–Trinajstić information content (AvgIpc) is 2.69. The molecule has 0 amide bonds. The number of carbonyl (C=O) groups excluding carboxylic acids is 2. The fourth-order valence-electron chi connectivity index (χ4n) is 2.47. The Labute approximate surface area is 167 Å². The van der Waals surface area contributed by atoms with E-state index in [1.165, 1.54) is 19.6 Å². The molecule has 2 rings (SSSR count). The van der Waals surface area contributed by atoms with Crippen LogP contribution in [0.25, 0.3) is 6.08 Å². The summed E-state index contributed by atoms with van der Waals surface area (Å²) in [6.45, 7) is 14.1. The van der Waals surface area contributed by atoms with Gasteiger partial charge >= 0.3 is 0 Å². The first kappa shape index (κ1) is 24.0. The Morgan fingerprint density at radius 2 is 1.35 bits per heavy atom. The predicted molar refractivity (Wildman–Crippen MR) is 104 cm³/mol. The van der Waals surface area contributed by atoms with Crippen LogP contribution in [-0.2, 0) is 0 Å². The normalized spacial score (nSPS) is 9.54. The molecule has 0 aliphatic rings. The number of nitrogens with one attached hydrogen (secondary N) is 1. The quantitative estimate of drug-likeness (QED) is 0.520. The van der Waals surface area contributed by atoms with Crippen molar-refractivity contribution in [3.63, 3.8) is 0 Å². The molecule has 2 aromatic rings. The highest BCUT2D eigenvalue weighted by Crippen LogP contribution is 2.13. The highest BCUT2D eigenvalue weighted by Gasteiger charge is 2.19. The summed E-state index contributed by atoms with van der Waals surface area (Å²) in [7, 11) is 0. The van der Waals surface area contributed by atoms with E-state index in [-0.39, 0.29) is 17.0 Å². The number of halogens is 1. The lowest BCUT2D eigenvalue weighted by Crippen LogP contribution is -3.11.